The summed E-state index contributed by atoms with van der Waals surface area (Å²) in [5.74, 6) is 0.762. The van der Waals surface area contributed by atoms with Gasteiger partial charge in [0.05, 0.1) is 29.1 Å². The summed E-state index contributed by atoms with van der Waals surface area (Å²) in [6.07, 6.45) is 3.89. The molecule has 1 aromatic carbocycles. The van der Waals surface area contributed by atoms with Gasteiger partial charge in [-0.05, 0) is 26.0 Å². The van der Waals surface area contributed by atoms with Crippen LogP contribution in [0.25, 0.3) is 5.69 Å². The minimum atomic E-state index is 0.660. The van der Waals surface area contributed by atoms with Crippen LogP contribution in [0.5, 0.6) is 0 Å². The van der Waals surface area contributed by atoms with E-state index in [9.17, 15) is 0 Å². The van der Waals surface area contributed by atoms with Crippen molar-refractivity contribution in [2.24, 2.45) is 4.99 Å². The first-order chi connectivity index (χ1) is 12.2. The molecule has 3 rings (SSSR count). The molecule has 130 valence electrons. The van der Waals surface area contributed by atoms with Gasteiger partial charge in [-0.1, -0.05) is 18.2 Å². The number of hydrogen-bond acceptors (Lipinski definition) is 4. The van der Waals surface area contributed by atoms with Gasteiger partial charge in [-0.3, -0.25) is 4.99 Å². The number of hydrogen-bond donors (Lipinski definition) is 2. The molecule has 0 fully saturated rings. The monoisotopic (exact) mass is 354 g/mol. The van der Waals surface area contributed by atoms with Gasteiger partial charge in [0, 0.05) is 30.2 Å². The summed E-state index contributed by atoms with van der Waals surface area (Å²) in [6.45, 7) is 5.45. The van der Waals surface area contributed by atoms with Gasteiger partial charge in [0.25, 0.3) is 0 Å². The van der Waals surface area contributed by atoms with Crippen molar-refractivity contribution in [2.75, 3.05) is 7.05 Å². The Morgan fingerprint density at radius 2 is 1.92 bits per heavy atom. The van der Waals surface area contributed by atoms with E-state index in [0.29, 0.717) is 6.54 Å². The maximum absolute atomic E-state index is 4.45. The van der Waals surface area contributed by atoms with Gasteiger partial charge < -0.3 is 10.6 Å². The summed E-state index contributed by atoms with van der Waals surface area (Å²) < 4.78 is 1.87. The third-order valence-corrected chi connectivity index (χ3v) is 4.83. The molecule has 0 aliphatic rings. The fraction of sp³-hybridized carbons (Fsp3) is 0.278. The van der Waals surface area contributed by atoms with Crippen LogP contribution in [-0.2, 0) is 13.1 Å². The van der Waals surface area contributed by atoms with Crippen LogP contribution in [0.3, 0.4) is 0 Å². The van der Waals surface area contributed by atoms with Gasteiger partial charge in [0.15, 0.2) is 5.96 Å². The van der Waals surface area contributed by atoms with Crippen molar-refractivity contribution in [2.45, 2.75) is 26.9 Å². The number of thiazole rings is 1. The SMILES string of the molecule is CN=C(NCc1cnn(-c2ccccc2)c1)NCc1sc(C)nc1C. The molecule has 0 amide bonds. The van der Waals surface area contributed by atoms with Gasteiger partial charge >= 0.3 is 0 Å². The lowest BCUT2D eigenvalue weighted by atomic mass is 10.3. The first-order valence-electron chi connectivity index (χ1n) is 8.12. The number of benzene rings is 1. The molecule has 0 saturated carbocycles. The van der Waals surface area contributed by atoms with Gasteiger partial charge in [0.2, 0.25) is 0 Å². The van der Waals surface area contributed by atoms with Crippen molar-refractivity contribution in [1.82, 2.24) is 25.4 Å². The Hall–Kier alpha value is -2.67. The third kappa shape index (κ3) is 4.45. The molecular weight excluding hydrogens is 332 g/mol. The zero-order valence-electron chi connectivity index (χ0n) is 14.7. The zero-order chi connectivity index (χ0) is 17.6. The average molecular weight is 354 g/mol. The van der Waals surface area contributed by atoms with Crippen LogP contribution in [0.4, 0.5) is 0 Å². The predicted molar refractivity (Wildman–Crippen MR) is 102 cm³/mol. The van der Waals surface area contributed by atoms with E-state index in [4.69, 9.17) is 0 Å². The Balaban J connectivity index is 1.55. The summed E-state index contributed by atoms with van der Waals surface area (Å²) in [6, 6.07) is 10.1. The minimum Gasteiger partial charge on any atom is -0.352 e. The zero-order valence-corrected chi connectivity index (χ0v) is 15.5. The smallest absolute Gasteiger partial charge is 0.191 e. The maximum Gasteiger partial charge on any atom is 0.191 e. The number of guanidine groups is 1. The van der Waals surface area contributed by atoms with Crippen LogP contribution < -0.4 is 10.6 Å². The number of aromatic nitrogens is 3. The average Bonchev–Trinajstić information content (AvgIpc) is 3.22. The Labute approximate surface area is 151 Å². The topological polar surface area (TPSA) is 67.1 Å². The summed E-state index contributed by atoms with van der Waals surface area (Å²) in [5.41, 5.74) is 3.22. The second-order valence-corrected chi connectivity index (χ2v) is 6.94. The van der Waals surface area contributed by atoms with Gasteiger partial charge in [-0.15, -0.1) is 11.3 Å². The fourth-order valence-corrected chi connectivity index (χ4v) is 3.36. The Morgan fingerprint density at radius 3 is 2.60 bits per heavy atom. The molecule has 0 spiro atoms. The van der Waals surface area contributed by atoms with E-state index >= 15 is 0 Å². The highest BCUT2D eigenvalue weighted by Gasteiger charge is 2.06. The summed E-state index contributed by atoms with van der Waals surface area (Å²) in [5, 5.41) is 12.1. The number of para-hydroxylation sites is 1. The summed E-state index contributed by atoms with van der Waals surface area (Å²) >= 11 is 1.71. The van der Waals surface area contributed by atoms with Crippen molar-refractivity contribution in [1.29, 1.82) is 0 Å². The van der Waals surface area contributed by atoms with E-state index in [1.807, 2.05) is 61.3 Å². The molecule has 25 heavy (non-hydrogen) atoms. The highest BCUT2D eigenvalue weighted by Crippen LogP contribution is 2.16. The van der Waals surface area contributed by atoms with E-state index in [-0.39, 0.29) is 0 Å². The molecule has 0 saturated heterocycles. The van der Waals surface area contributed by atoms with Crippen molar-refractivity contribution in [3.63, 3.8) is 0 Å². The normalized spacial score (nSPS) is 11.6. The number of aliphatic imine (C=N–C) groups is 1. The predicted octanol–water partition coefficient (Wildman–Crippen LogP) is 2.81. The van der Waals surface area contributed by atoms with Crippen molar-refractivity contribution in [3.8, 4) is 5.69 Å². The van der Waals surface area contributed by atoms with E-state index < -0.39 is 0 Å². The van der Waals surface area contributed by atoms with Crippen molar-refractivity contribution in [3.05, 3.63) is 63.9 Å². The van der Waals surface area contributed by atoms with Crippen LogP contribution >= 0.6 is 11.3 Å². The molecule has 0 radical (unpaired) electrons. The number of aryl methyl sites for hydroxylation is 2. The molecule has 2 heterocycles. The molecular formula is C18H22N6S. The fourth-order valence-electron chi connectivity index (χ4n) is 2.48. The number of rotatable bonds is 5. The highest BCUT2D eigenvalue weighted by molar-refractivity contribution is 7.11. The molecule has 0 bridgehead atoms. The summed E-state index contributed by atoms with van der Waals surface area (Å²) in [7, 11) is 1.77. The number of nitrogens with one attached hydrogen (secondary N) is 2. The molecule has 6 nitrogen and oxygen atoms in total. The largest absolute Gasteiger partial charge is 0.352 e. The minimum absolute atomic E-state index is 0.660. The van der Waals surface area contributed by atoms with E-state index in [1.54, 1.807) is 18.4 Å². The van der Waals surface area contributed by atoms with Crippen molar-refractivity contribution < 1.29 is 0 Å². The standard InChI is InChI=1S/C18H22N6S/c1-13-17(25-14(2)23-13)11-21-18(19-3)20-9-15-10-22-24(12-15)16-7-5-4-6-8-16/h4-8,10,12H,9,11H2,1-3H3,(H2,19,20,21). The Morgan fingerprint density at radius 1 is 1.16 bits per heavy atom. The molecule has 2 N–H and O–H groups in total. The van der Waals surface area contributed by atoms with E-state index in [2.05, 4.69) is 25.7 Å². The van der Waals surface area contributed by atoms with Crippen molar-refractivity contribution >= 4 is 17.3 Å². The Kier molecular flexibility index (Phi) is 5.45. The lowest BCUT2D eigenvalue weighted by Gasteiger charge is -2.10. The first kappa shape index (κ1) is 17.2. The van der Waals surface area contributed by atoms with Gasteiger partial charge in [-0.2, -0.15) is 5.10 Å². The van der Waals surface area contributed by atoms with Gasteiger partial charge in [0.1, 0.15) is 0 Å². The lowest BCUT2D eigenvalue weighted by Crippen LogP contribution is -2.36. The number of nitrogens with zero attached hydrogens (tertiary/aromatic N) is 4. The lowest BCUT2D eigenvalue weighted by molar-refractivity contribution is 0.811. The quantitative estimate of drug-likeness (QED) is 0.546. The summed E-state index contributed by atoms with van der Waals surface area (Å²) in [4.78, 5) is 9.95. The van der Waals surface area contributed by atoms with Crippen LogP contribution in [0.15, 0.2) is 47.7 Å². The van der Waals surface area contributed by atoms with Crippen LogP contribution in [0.1, 0.15) is 21.1 Å². The van der Waals surface area contributed by atoms with Crippen LogP contribution in [0.2, 0.25) is 0 Å². The second kappa shape index (κ2) is 7.94. The van der Waals surface area contributed by atoms with Gasteiger partial charge in [-0.25, -0.2) is 9.67 Å². The maximum atomic E-state index is 4.45. The molecule has 0 unspecified atom stereocenters. The molecule has 0 aliphatic carbocycles. The second-order valence-electron chi connectivity index (χ2n) is 5.65. The first-order valence-corrected chi connectivity index (χ1v) is 8.94. The molecule has 2 aromatic heterocycles. The molecule has 7 heteroatoms. The molecule has 0 aliphatic heterocycles. The molecule has 0 atom stereocenters. The Bertz CT molecular complexity index is 850. The van der Waals surface area contributed by atoms with Crippen LogP contribution in [0, 0.1) is 13.8 Å². The third-order valence-electron chi connectivity index (χ3n) is 3.76. The highest BCUT2D eigenvalue weighted by atomic mass is 32.1. The van der Waals surface area contributed by atoms with E-state index in [0.717, 1.165) is 34.5 Å². The van der Waals surface area contributed by atoms with Crippen LogP contribution in [-0.4, -0.2) is 27.8 Å². The van der Waals surface area contributed by atoms with E-state index in [1.165, 1.54) is 4.88 Å². The molecule has 3 aromatic rings.